The van der Waals surface area contributed by atoms with E-state index in [0.29, 0.717) is 10.6 Å². The molecule has 0 spiro atoms. The van der Waals surface area contributed by atoms with Gasteiger partial charge in [0.25, 0.3) is 0 Å². The molecule has 0 bridgehead atoms. The van der Waals surface area contributed by atoms with E-state index in [1.54, 1.807) is 18.2 Å². The monoisotopic (exact) mass is 262 g/mol. The fourth-order valence-electron chi connectivity index (χ4n) is 2.34. The highest BCUT2D eigenvalue weighted by atomic mass is 35.5. The second-order valence-corrected chi connectivity index (χ2v) is 4.98. The van der Waals surface area contributed by atoms with Crippen LogP contribution in [0, 0.1) is 17.2 Å². The maximum absolute atomic E-state index is 12.0. The summed E-state index contributed by atoms with van der Waals surface area (Å²) in [7, 11) is 0. The molecular weight excluding hydrogens is 248 g/mol. The number of nitriles is 1. The third-order valence-corrected chi connectivity index (χ3v) is 3.70. The molecule has 2 rings (SSSR count). The summed E-state index contributed by atoms with van der Waals surface area (Å²) in [6, 6.07) is 8.55. The van der Waals surface area contributed by atoms with Gasteiger partial charge < -0.3 is 5.32 Å². The Balaban J connectivity index is 2.08. The largest absolute Gasteiger partial charge is 0.336 e. The number of hydrogen-bond acceptors (Lipinski definition) is 2. The Labute approximate surface area is 112 Å². The van der Waals surface area contributed by atoms with Crippen molar-refractivity contribution in [3.05, 3.63) is 34.9 Å². The van der Waals surface area contributed by atoms with E-state index in [4.69, 9.17) is 11.6 Å². The Bertz CT molecular complexity index is 475. The Morgan fingerprint density at radius 2 is 2.06 bits per heavy atom. The lowest BCUT2D eigenvalue weighted by atomic mass is 10.0. The molecule has 1 saturated carbocycles. The minimum atomic E-state index is -0.660. The summed E-state index contributed by atoms with van der Waals surface area (Å²) in [5.41, 5.74) is 0.660. The Morgan fingerprint density at radius 1 is 1.39 bits per heavy atom. The number of halogens is 1. The molecule has 1 aliphatic carbocycles. The van der Waals surface area contributed by atoms with Crippen LogP contribution < -0.4 is 5.32 Å². The number of carbonyl (C=O) groups excluding carboxylic acids is 1. The first-order valence-electron chi connectivity index (χ1n) is 6.17. The summed E-state index contributed by atoms with van der Waals surface area (Å²) in [6.07, 6.45) is 4.04. The van der Waals surface area contributed by atoms with E-state index in [1.807, 2.05) is 6.07 Å². The third-order valence-electron chi connectivity index (χ3n) is 3.36. The number of nitrogens with one attached hydrogen (secondary N) is 1. The van der Waals surface area contributed by atoms with Gasteiger partial charge in [0, 0.05) is 16.5 Å². The van der Waals surface area contributed by atoms with Crippen molar-refractivity contribution < 1.29 is 4.79 Å². The molecule has 1 amide bonds. The second kappa shape index (κ2) is 5.88. The average molecular weight is 263 g/mol. The van der Waals surface area contributed by atoms with Gasteiger partial charge in [-0.15, -0.1) is 0 Å². The number of amides is 1. The maximum Gasteiger partial charge on any atom is 0.224 e. The maximum atomic E-state index is 12.0. The summed E-state index contributed by atoms with van der Waals surface area (Å²) >= 11 is 6.04. The van der Waals surface area contributed by atoms with Gasteiger partial charge >= 0.3 is 0 Å². The van der Waals surface area contributed by atoms with Crippen molar-refractivity contribution in [2.75, 3.05) is 0 Å². The van der Waals surface area contributed by atoms with Crippen LogP contribution >= 0.6 is 11.6 Å². The summed E-state index contributed by atoms with van der Waals surface area (Å²) in [4.78, 5) is 12.0. The Hall–Kier alpha value is -1.53. The van der Waals surface area contributed by atoms with Crippen LogP contribution in [-0.4, -0.2) is 5.91 Å². The van der Waals surface area contributed by atoms with Gasteiger partial charge in [-0.3, -0.25) is 4.79 Å². The van der Waals surface area contributed by atoms with Gasteiger partial charge in [0.05, 0.1) is 6.07 Å². The Morgan fingerprint density at radius 3 is 2.67 bits per heavy atom. The predicted octanol–water partition coefficient (Wildman–Crippen LogP) is 3.21. The zero-order valence-corrected chi connectivity index (χ0v) is 10.8. The van der Waals surface area contributed by atoms with Crippen LogP contribution in [0.4, 0.5) is 0 Å². The van der Waals surface area contributed by atoms with Crippen molar-refractivity contribution >= 4 is 17.5 Å². The number of carbonyl (C=O) groups is 1. The van der Waals surface area contributed by atoms with E-state index in [9.17, 15) is 10.1 Å². The highest BCUT2D eigenvalue weighted by molar-refractivity contribution is 6.31. The lowest BCUT2D eigenvalue weighted by Crippen LogP contribution is -2.32. The van der Waals surface area contributed by atoms with Gasteiger partial charge in [-0.25, -0.2) is 0 Å². The average Bonchev–Trinajstić information content (AvgIpc) is 2.90. The number of nitrogens with zero attached hydrogens (tertiary/aromatic N) is 1. The van der Waals surface area contributed by atoms with Crippen molar-refractivity contribution in [2.24, 2.45) is 5.92 Å². The number of hydrogen-bond donors (Lipinski definition) is 1. The van der Waals surface area contributed by atoms with Crippen LogP contribution in [0.3, 0.4) is 0 Å². The molecule has 18 heavy (non-hydrogen) atoms. The fraction of sp³-hybridized carbons (Fsp3) is 0.429. The van der Waals surface area contributed by atoms with E-state index >= 15 is 0 Å². The molecule has 1 aromatic rings. The van der Waals surface area contributed by atoms with Crippen molar-refractivity contribution in [2.45, 2.75) is 31.7 Å². The summed E-state index contributed by atoms with van der Waals surface area (Å²) in [6.45, 7) is 0. The molecule has 1 aliphatic rings. The molecule has 1 aromatic carbocycles. The van der Waals surface area contributed by atoms with Crippen molar-refractivity contribution in [3.63, 3.8) is 0 Å². The van der Waals surface area contributed by atoms with Crippen LogP contribution in [0.15, 0.2) is 24.3 Å². The zero-order valence-electron chi connectivity index (χ0n) is 10.0. The molecule has 1 fully saturated rings. The van der Waals surface area contributed by atoms with Crippen LogP contribution in [0.2, 0.25) is 5.02 Å². The first kappa shape index (κ1) is 12.9. The summed E-state index contributed by atoms with van der Waals surface area (Å²) in [5, 5.41) is 12.5. The van der Waals surface area contributed by atoms with Gasteiger partial charge in [-0.2, -0.15) is 5.26 Å². The normalized spacial score (nSPS) is 17.1. The molecular formula is C14H15ClN2O. The Kier molecular flexibility index (Phi) is 4.22. The second-order valence-electron chi connectivity index (χ2n) is 4.57. The standard InChI is InChI=1S/C14H15ClN2O/c15-12-8-4-3-7-11(12)13(9-16)17-14(18)10-5-1-2-6-10/h3-4,7-8,10,13H,1-2,5-6H2,(H,17,18)/t13-/m0/s1. The fourth-order valence-corrected chi connectivity index (χ4v) is 2.58. The molecule has 0 radical (unpaired) electrons. The molecule has 0 unspecified atom stereocenters. The molecule has 0 aromatic heterocycles. The highest BCUT2D eigenvalue weighted by Crippen LogP contribution is 2.27. The van der Waals surface area contributed by atoms with Gasteiger partial charge in [0.1, 0.15) is 6.04 Å². The predicted molar refractivity (Wildman–Crippen MR) is 69.9 cm³/mol. The number of rotatable bonds is 3. The van der Waals surface area contributed by atoms with Crippen LogP contribution in [-0.2, 0) is 4.79 Å². The molecule has 4 heteroatoms. The van der Waals surface area contributed by atoms with Gasteiger partial charge in [0.2, 0.25) is 5.91 Å². The number of benzene rings is 1. The first-order chi connectivity index (χ1) is 8.72. The minimum absolute atomic E-state index is 0.0287. The van der Waals surface area contributed by atoms with Crippen LogP contribution in [0.25, 0.3) is 0 Å². The third kappa shape index (κ3) is 2.83. The van der Waals surface area contributed by atoms with Crippen molar-refractivity contribution in [1.82, 2.24) is 5.32 Å². The van der Waals surface area contributed by atoms with E-state index < -0.39 is 6.04 Å². The molecule has 1 atom stereocenters. The lowest BCUT2D eigenvalue weighted by Gasteiger charge is -2.16. The van der Waals surface area contributed by atoms with Crippen LogP contribution in [0.1, 0.15) is 37.3 Å². The van der Waals surface area contributed by atoms with Gasteiger partial charge in [-0.05, 0) is 18.9 Å². The summed E-state index contributed by atoms with van der Waals surface area (Å²) < 4.78 is 0. The van der Waals surface area contributed by atoms with Gasteiger partial charge in [-0.1, -0.05) is 42.6 Å². The minimum Gasteiger partial charge on any atom is -0.336 e. The molecule has 0 saturated heterocycles. The van der Waals surface area contributed by atoms with Gasteiger partial charge in [0.15, 0.2) is 0 Å². The molecule has 1 N–H and O–H groups in total. The van der Waals surface area contributed by atoms with E-state index in [2.05, 4.69) is 11.4 Å². The first-order valence-corrected chi connectivity index (χ1v) is 6.54. The summed E-state index contributed by atoms with van der Waals surface area (Å²) in [5.74, 6) is 0.0299. The molecule has 3 nitrogen and oxygen atoms in total. The molecule has 0 aliphatic heterocycles. The molecule has 94 valence electrons. The smallest absolute Gasteiger partial charge is 0.224 e. The highest BCUT2D eigenvalue weighted by Gasteiger charge is 2.25. The van der Waals surface area contributed by atoms with Crippen molar-refractivity contribution in [3.8, 4) is 6.07 Å². The SMILES string of the molecule is N#C[C@H](NC(=O)C1CCCC1)c1ccccc1Cl. The molecule has 0 heterocycles. The van der Waals surface area contributed by atoms with E-state index in [-0.39, 0.29) is 11.8 Å². The van der Waals surface area contributed by atoms with E-state index in [0.717, 1.165) is 25.7 Å². The lowest BCUT2D eigenvalue weighted by molar-refractivity contribution is -0.125. The van der Waals surface area contributed by atoms with Crippen LogP contribution in [0.5, 0.6) is 0 Å². The van der Waals surface area contributed by atoms with E-state index in [1.165, 1.54) is 0 Å². The quantitative estimate of drug-likeness (QED) is 0.909. The zero-order chi connectivity index (χ0) is 13.0. The van der Waals surface area contributed by atoms with Crippen molar-refractivity contribution in [1.29, 1.82) is 5.26 Å². The topological polar surface area (TPSA) is 52.9 Å².